The quantitative estimate of drug-likeness (QED) is 0.0630. The van der Waals surface area contributed by atoms with Crippen molar-refractivity contribution in [2.45, 2.75) is 91.9 Å². The van der Waals surface area contributed by atoms with Crippen LogP contribution in [0.4, 0.5) is 11.4 Å². The van der Waals surface area contributed by atoms with Gasteiger partial charge in [0.2, 0.25) is 5.88 Å². The van der Waals surface area contributed by atoms with Gasteiger partial charge in [-0.05, 0) is 89.4 Å². The lowest BCUT2D eigenvalue weighted by atomic mass is 9.87. The zero-order valence-electron chi connectivity index (χ0n) is 36.2. The zero-order valence-corrected chi connectivity index (χ0v) is 37.9. The highest BCUT2D eigenvalue weighted by Gasteiger charge is 2.22. The molecule has 3 N–H and O–H groups in total. The standard InChI is InChI=1S/C45H56N6O8S2/c1-10-12-22-55-36-20-18-31(44(3,4)5)26-39(36)58-60(52)49-33-24-30(43-46-41-29-42(47-51(41)48-43)57-38-17-15-14-16-35(38)54-9)25-34(28-33)50-61(53)59-40-27-32(45(6,7)8)19-21-37(40)56-23-13-11-2/h14-21,24-29,49-50H,10-13,22-23H2,1-9H3,(H,46,48). The molecule has 6 aromatic rings. The molecule has 2 atom stereocenters. The first-order valence-electron chi connectivity index (χ1n) is 20.3. The largest absolute Gasteiger partial charge is 0.493 e. The minimum Gasteiger partial charge on any atom is -0.493 e. The fourth-order valence-electron chi connectivity index (χ4n) is 6.00. The van der Waals surface area contributed by atoms with Gasteiger partial charge >= 0.3 is 22.5 Å². The first kappa shape index (κ1) is 44.8. The summed E-state index contributed by atoms with van der Waals surface area (Å²) in [5.74, 6) is 3.42. The summed E-state index contributed by atoms with van der Waals surface area (Å²) in [7, 11) is 1.57. The molecule has 0 saturated heterocycles. The van der Waals surface area contributed by atoms with Crippen LogP contribution >= 0.6 is 0 Å². The number of nitrogens with one attached hydrogen (secondary N) is 3. The fourth-order valence-corrected chi connectivity index (χ4v) is 7.29. The molecule has 2 aromatic heterocycles. The maximum Gasteiger partial charge on any atom is 0.316 e. The first-order chi connectivity index (χ1) is 29.1. The normalized spacial score (nSPS) is 12.7. The SMILES string of the molecule is CCCCOc1ccc(C(C)(C)C)cc1OS(=O)Nc1cc(NS(=O)Oc2cc(C(C)(C)C)ccc2OCCCC)cc(-c2nc3cc(Oc4ccccc4OC)nn3[nH]2)c1. The minimum absolute atomic E-state index is 0.192. The molecule has 4 aromatic carbocycles. The molecule has 326 valence electrons. The van der Waals surface area contributed by atoms with Crippen LogP contribution in [0.3, 0.4) is 0 Å². The molecule has 16 heteroatoms. The molecule has 61 heavy (non-hydrogen) atoms. The van der Waals surface area contributed by atoms with E-state index in [4.69, 9.17) is 32.3 Å². The number of benzene rings is 4. The van der Waals surface area contributed by atoms with Crippen molar-refractivity contribution in [3.05, 3.63) is 96.1 Å². The number of para-hydroxylation sites is 2. The highest BCUT2D eigenvalue weighted by Crippen LogP contribution is 2.37. The molecule has 0 radical (unpaired) electrons. The second kappa shape index (κ2) is 19.8. The number of rotatable bonds is 20. The Morgan fingerprint density at radius 1 is 0.656 bits per heavy atom. The van der Waals surface area contributed by atoms with Crippen LogP contribution in [-0.4, -0.2) is 48.6 Å². The molecule has 0 amide bonds. The summed E-state index contributed by atoms with van der Waals surface area (Å²) in [5.41, 5.74) is 3.33. The predicted octanol–water partition coefficient (Wildman–Crippen LogP) is 10.6. The van der Waals surface area contributed by atoms with E-state index in [2.05, 4.69) is 75.0 Å². The lowest BCUT2D eigenvalue weighted by molar-refractivity contribution is 0.301. The van der Waals surface area contributed by atoms with Crippen LogP contribution in [0.2, 0.25) is 0 Å². The number of methoxy groups -OCH3 is 1. The maximum absolute atomic E-state index is 13.8. The monoisotopic (exact) mass is 872 g/mol. The predicted molar refractivity (Wildman–Crippen MR) is 242 cm³/mol. The van der Waals surface area contributed by atoms with Crippen molar-refractivity contribution in [3.8, 4) is 51.8 Å². The second-order valence-electron chi connectivity index (χ2n) is 16.4. The lowest BCUT2D eigenvalue weighted by Crippen LogP contribution is -2.16. The first-order valence-corrected chi connectivity index (χ1v) is 22.5. The van der Waals surface area contributed by atoms with Crippen molar-refractivity contribution in [3.63, 3.8) is 0 Å². The minimum atomic E-state index is -2.10. The highest BCUT2D eigenvalue weighted by molar-refractivity contribution is 7.82. The molecule has 0 aliphatic heterocycles. The Kier molecular flexibility index (Phi) is 14.5. The van der Waals surface area contributed by atoms with Crippen molar-refractivity contribution in [2.75, 3.05) is 29.8 Å². The number of fused-ring (bicyclic) bond motifs is 1. The van der Waals surface area contributed by atoms with Gasteiger partial charge in [0.1, 0.15) is 0 Å². The van der Waals surface area contributed by atoms with Crippen LogP contribution in [0.25, 0.3) is 17.0 Å². The van der Waals surface area contributed by atoms with Gasteiger partial charge in [0.25, 0.3) is 0 Å². The summed E-state index contributed by atoms with van der Waals surface area (Å²) in [6.45, 7) is 17.7. The fraction of sp³-hybridized carbons (Fsp3) is 0.378. The Balaban J connectivity index is 1.30. The van der Waals surface area contributed by atoms with Gasteiger partial charge in [0.05, 0.1) is 31.7 Å². The van der Waals surface area contributed by atoms with Gasteiger partial charge in [0, 0.05) is 11.6 Å². The maximum atomic E-state index is 13.8. The number of anilines is 2. The smallest absolute Gasteiger partial charge is 0.316 e. The number of H-pyrrole nitrogens is 1. The van der Waals surface area contributed by atoms with Crippen molar-refractivity contribution >= 4 is 39.6 Å². The topological polar surface area (TPSA) is 160 Å². The molecular formula is C45H56N6O8S2. The van der Waals surface area contributed by atoms with E-state index in [1.165, 1.54) is 4.63 Å². The van der Waals surface area contributed by atoms with Crippen LogP contribution in [0.15, 0.2) is 84.9 Å². The van der Waals surface area contributed by atoms with E-state index in [1.807, 2.05) is 48.5 Å². The average molecular weight is 873 g/mol. The number of hydrogen-bond acceptors (Lipinski definition) is 10. The van der Waals surface area contributed by atoms with Gasteiger partial charge < -0.3 is 27.3 Å². The molecule has 0 aliphatic carbocycles. The van der Waals surface area contributed by atoms with Gasteiger partial charge in [-0.1, -0.05) is 92.5 Å². The second-order valence-corrected chi connectivity index (χ2v) is 18.1. The Bertz CT molecular complexity index is 2330. The highest BCUT2D eigenvalue weighted by atomic mass is 32.2. The number of ether oxygens (including phenoxy) is 4. The van der Waals surface area contributed by atoms with Crippen LogP contribution in [0.5, 0.6) is 40.4 Å². The molecule has 14 nitrogen and oxygen atoms in total. The zero-order chi connectivity index (χ0) is 43.7. The molecule has 0 fully saturated rings. The molecule has 0 bridgehead atoms. The van der Waals surface area contributed by atoms with Crippen LogP contribution < -0.4 is 36.8 Å². The number of aromatic amines is 1. The third-order valence-electron chi connectivity index (χ3n) is 9.46. The molecule has 0 aliphatic rings. The number of nitrogens with zero attached hydrogens (tertiary/aromatic N) is 3. The molecule has 0 saturated carbocycles. The Hall–Kier alpha value is -5.74. The molecule has 6 rings (SSSR count). The summed E-state index contributed by atoms with van der Waals surface area (Å²) < 4.78 is 70.4. The molecule has 2 unspecified atom stereocenters. The number of unbranched alkanes of at least 4 members (excludes halogenated alkanes) is 2. The third-order valence-corrected chi connectivity index (χ3v) is 10.9. The van der Waals surface area contributed by atoms with E-state index in [0.29, 0.717) is 82.0 Å². The van der Waals surface area contributed by atoms with Gasteiger partial charge in [-0.15, -0.1) is 5.10 Å². The Morgan fingerprint density at radius 3 is 1.66 bits per heavy atom. The van der Waals surface area contributed by atoms with E-state index >= 15 is 0 Å². The molecule has 0 spiro atoms. The summed E-state index contributed by atoms with van der Waals surface area (Å²) in [6, 6.07) is 25.4. The number of hydrogen-bond donors (Lipinski definition) is 3. The van der Waals surface area contributed by atoms with Crippen LogP contribution in [0.1, 0.15) is 92.2 Å². The van der Waals surface area contributed by atoms with E-state index in [1.54, 1.807) is 43.5 Å². The van der Waals surface area contributed by atoms with Crippen LogP contribution in [0, 0.1) is 0 Å². The van der Waals surface area contributed by atoms with E-state index in [9.17, 15) is 8.42 Å². The third kappa shape index (κ3) is 12.0. The summed E-state index contributed by atoms with van der Waals surface area (Å²) >= 11 is -4.20. The van der Waals surface area contributed by atoms with Gasteiger partial charge in [-0.2, -0.15) is 13.0 Å². The van der Waals surface area contributed by atoms with Crippen molar-refractivity contribution in [1.29, 1.82) is 0 Å². The van der Waals surface area contributed by atoms with Crippen molar-refractivity contribution < 1.29 is 35.7 Å². The Morgan fingerprint density at radius 2 is 1.18 bits per heavy atom. The average Bonchev–Trinajstić information content (AvgIpc) is 3.77. The van der Waals surface area contributed by atoms with Gasteiger partial charge in [-0.3, -0.25) is 14.5 Å². The van der Waals surface area contributed by atoms with Crippen LogP contribution in [-0.2, 0) is 33.4 Å². The van der Waals surface area contributed by atoms with Crippen molar-refractivity contribution in [1.82, 2.24) is 19.8 Å². The molecular weight excluding hydrogens is 817 g/mol. The van der Waals surface area contributed by atoms with E-state index in [-0.39, 0.29) is 10.8 Å². The summed E-state index contributed by atoms with van der Waals surface area (Å²) in [5, 5.41) is 7.68. The summed E-state index contributed by atoms with van der Waals surface area (Å²) in [4.78, 5) is 4.75. The molecule has 2 heterocycles. The Labute approximate surface area is 363 Å². The number of aromatic nitrogens is 4. The summed E-state index contributed by atoms with van der Waals surface area (Å²) in [6.07, 6.45) is 3.64. The van der Waals surface area contributed by atoms with E-state index < -0.39 is 22.5 Å². The van der Waals surface area contributed by atoms with Gasteiger partial charge in [0.15, 0.2) is 46.0 Å². The lowest BCUT2D eigenvalue weighted by Gasteiger charge is -2.21. The van der Waals surface area contributed by atoms with Gasteiger partial charge in [-0.25, -0.2) is 4.98 Å². The van der Waals surface area contributed by atoms with E-state index in [0.717, 1.165) is 36.8 Å². The van der Waals surface area contributed by atoms with Crippen molar-refractivity contribution in [2.24, 2.45) is 0 Å².